The van der Waals surface area contributed by atoms with Gasteiger partial charge in [0.1, 0.15) is 11.9 Å². The molecule has 1 aliphatic rings. The fourth-order valence-electron chi connectivity index (χ4n) is 2.65. The van der Waals surface area contributed by atoms with Gasteiger partial charge < -0.3 is 15.1 Å². The van der Waals surface area contributed by atoms with Gasteiger partial charge in [-0.1, -0.05) is 6.92 Å². The second kappa shape index (κ2) is 8.67. The van der Waals surface area contributed by atoms with Crippen LogP contribution in [0.5, 0.6) is 0 Å². The van der Waals surface area contributed by atoms with Crippen molar-refractivity contribution in [2.75, 3.05) is 24.6 Å². The highest BCUT2D eigenvalue weighted by molar-refractivity contribution is 5.73. The first-order valence-corrected chi connectivity index (χ1v) is 7.70. The Balaban J connectivity index is 0.000000381. The summed E-state index contributed by atoms with van der Waals surface area (Å²) in [6.45, 7) is 4.01. The highest BCUT2D eigenvalue weighted by Crippen LogP contribution is 2.35. The quantitative estimate of drug-likeness (QED) is 0.861. The summed E-state index contributed by atoms with van der Waals surface area (Å²) in [5, 5.41) is 25.9. The number of aliphatic hydroxyl groups excluding tert-OH is 1. The first-order valence-electron chi connectivity index (χ1n) is 7.70. The molecule has 2 N–H and O–H groups in total. The van der Waals surface area contributed by atoms with Gasteiger partial charge in [-0.15, -0.1) is 0 Å². The number of halogens is 3. The van der Waals surface area contributed by atoms with Crippen LogP contribution >= 0.6 is 0 Å². The largest absolute Gasteiger partial charge is 0.490 e. The molecule has 2 heterocycles. The maximum absolute atomic E-state index is 10.6. The minimum absolute atomic E-state index is 0.0392. The highest BCUT2D eigenvalue weighted by atomic mass is 19.4. The van der Waals surface area contributed by atoms with Gasteiger partial charge in [0.25, 0.3) is 0 Å². The van der Waals surface area contributed by atoms with Gasteiger partial charge in [0, 0.05) is 24.7 Å². The van der Waals surface area contributed by atoms with E-state index in [1.807, 2.05) is 0 Å². The van der Waals surface area contributed by atoms with E-state index < -0.39 is 12.1 Å². The number of carboxylic acid groups (broad SMARTS) is 1. The molecule has 6 nitrogen and oxygen atoms in total. The van der Waals surface area contributed by atoms with Crippen LogP contribution in [-0.2, 0) is 4.79 Å². The summed E-state index contributed by atoms with van der Waals surface area (Å²) in [6.07, 6.45) is -0.326. The summed E-state index contributed by atoms with van der Waals surface area (Å²) in [7, 11) is 0. The monoisotopic (exact) mass is 359 g/mol. The third-order valence-corrected chi connectivity index (χ3v) is 4.20. The second-order valence-corrected chi connectivity index (χ2v) is 5.83. The molecule has 0 bridgehead atoms. The fraction of sp³-hybridized carbons (Fsp3) is 0.562. The molecular weight excluding hydrogens is 339 g/mol. The average Bonchev–Trinajstić information content (AvgIpc) is 2.61. The van der Waals surface area contributed by atoms with Crippen LogP contribution in [0.15, 0.2) is 18.3 Å². The number of carboxylic acids is 1. The van der Waals surface area contributed by atoms with E-state index in [9.17, 15) is 18.3 Å². The SMILES string of the molecule is CCC1(CO)CCCN(c2ncccc2C#N)C1.O=C(O)C(F)(F)F. The Morgan fingerprint density at radius 1 is 1.52 bits per heavy atom. The predicted octanol–water partition coefficient (Wildman–Crippen LogP) is 2.58. The van der Waals surface area contributed by atoms with Gasteiger partial charge in [-0.3, -0.25) is 0 Å². The molecule has 1 aromatic rings. The number of piperidine rings is 1. The van der Waals surface area contributed by atoms with Crippen molar-refractivity contribution in [2.45, 2.75) is 32.4 Å². The molecule has 9 heteroatoms. The number of rotatable bonds is 3. The molecule has 1 aliphatic heterocycles. The van der Waals surface area contributed by atoms with Gasteiger partial charge in [0.15, 0.2) is 0 Å². The fourth-order valence-corrected chi connectivity index (χ4v) is 2.65. The molecule has 1 unspecified atom stereocenters. The maximum Gasteiger partial charge on any atom is 0.490 e. The van der Waals surface area contributed by atoms with E-state index in [1.165, 1.54) is 0 Å². The number of hydrogen-bond acceptors (Lipinski definition) is 5. The Labute approximate surface area is 143 Å². The Hall–Kier alpha value is -2.34. The number of pyridine rings is 1. The summed E-state index contributed by atoms with van der Waals surface area (Å²) in [5.41, 5.74) is 0.574. The number of anilines is 1. The standard InChI is InChI=1S/C14H19N3O.C2HF3O2/c1-2-14(11-18)6-4-8-17(10-14)13-12(9-15)5-3-7-16-13;3-2(4,5)1(6)7/h3,5,7,18H,2,4,6,8,10-11H2,1H3;(H,6,7). The summed E-state index contributed by atoms with van der Waals surface area (Å²) in [6, 6.07) is 5.77. The van der Waals surface area contributed by atoms with Crippen LogP contribution in [0.25, 0.3) is 0 Å². The number of nitrogens with zero attached hydrogens (tertiary/aromatic N) is 3. The van der Waals surface area contributed by atoms with Gasteiger partial charge in [-0.25, -0.2) is 9.78 Å². The number of carbonyl (C=O) groups is 1. The first-order chi connectivity index (χ1) is 11.7. The zero-order chi connectivity index (χ0) is 19.1. The van der Waals surface area contributed by atoms with Gasteiger partial charge in [-0.2, -0.15) is 18.4 Å². The van der Waals surface area contributed by atoms with Crippen molar-refractivity contribution in [1.29, 1.82) is 5.26 Å². The molecule has 2 rings (SSSR count). The average molecular weight is 359 g/mol. The Morgan fingerprint density at radius 3 is 2.64 bits per heavy atom. The Morgan fingerprint density at radius 2 is 2.16 bits per heavy atom. The van der Waals surface area contributed by atoms with E-state index in [4.69, 9.17) is 15.2 Å². The number of alkyl halides is 3. The molecule has 0 aliphatic carbocycles. The van der Waals surface area contributed by atoms with E-state index in [2.05, 4.69) is 22.9 Å². The molecule has 0 amide bonds. The summed E-state index contributed by atoms with van der Waals surface area (Å²) in [5.74, 6) is -2.00. The van der Waals surface area contributed by atoms with Gasteiger partial charge in [-0.05, 0) is 31.4 Å². The third-order valence-electron chi connectivity index (χ3n) is 4.20. The van der Waals surface area contributed by atoms with Gasteiger partial charge in [0.2, 0.25) is 0 Å². The lowest BCUT2D eigenvalue weighted by Crippen LogP contribution is -2.45. The summed E-state index contributed by atoms with van der Waals surface area (Å²) >= 11 is 0. The lowest BCUT2D eigenvalue weighted by atomic mass is 9.78. The smallest absolute Gasteiger partial charge is 0.475 e. The zero-order valence-corrected chi connectivity index (χ0v) is 13.8. The van der Waals surface area contributed by atoms with E-state index in [-0.39, 0.29) is 12.0 Å². The lowest BCUT2D eigenvalue weighted by Gasteiger charge is -2.42. The molecule has 0 aromatic carbocycles. The first kappa shape index (κ1) is 20.7. The van der Waals surface area contributed by atoms with Crippen molar-refractivity contribution >= 4 is 11.8 Å². The number of hydrogen-bond donors (Lipinski definition) is 2. The molecular formula is C16H20F3N3O3. The van der Waals surface area contributed by atoms with Gasteiger partial charge in [0.05, 0.1) is 12.2 Å². The minimum Gasteiger partial charge on any atom is -0.475 e. The number of aromatic nitrogens is 1. The molecule has 0 spiro atoms. The minimum atomic E-state index is -5.08. The van der Waals surface area contributed by atoms with Crippen molar-refractivity contribution in [3.05, 3.63) is 23.9 Å². The van der Waals surface area contributed by atoms with Crippen LogP contribution < -0.4 is 4.90 Å². The molecule has 1 fully saturated rings. The van der Waals surface area contributed by atoms with Crippen molar-refractivity contribution in [3.8, 4) is 6.07 Å². The van der Waals surface area contributed by atoms with Crippen LogP contribution in [0.3, 0.4) is 0 Å². The number of nitriles is 1. The highest BCUT2D eigenvalue weighted by Gasteiger charge is 2.38. The van der Waals surface area contributed by atoms with Crippen LogP contribution in [-0.4, -0.2) is 47.0 Å². The maximum atomic E-state index is 10.6. The van der Waals surface area contributed by atoms with Gasteiger partial charge >= 0.3 is 12.1 Å². The molecule has 0 saturated carbocycles. The van der Waals surface area contributed by atoms with Crippen molar-refractivity contribution < 1.29 is 28.2 Å². The number of aliphatic hydroxyl groups is 1. The topological polar surface area (TPSA) is 97.5 Å². The normalized spacial score (nSPS) is 20.2. The van der Waals surface area contributed by atoms with Crippen LogP contribution in [0.4, 0.5) is 19.0 Å². The van der Waals surface area contributed by atoms with Crippen LogP contribution in [0.2, 0.25) is 0 Å². The van der Waals surface area contributed by atoms with Crippen molar-refractivity contribution in [3.63, 3.8) is 0 Å². The Kier molecular flexibility index (Phi) is 7.18. The number of aliphatic carboxylic acids is 1. The summed E-state index contributed by atoms with van der Waals surface area (Å²) < 4.78 is 31.7. The molecule has 1 aromatic heterocycles. The molecule has 1 saturated heterocycles. The van der Waals surface area contributed by atoms with E-state index in [0.717, 1.165) is 38.2 Å². The lowest BCUT2D eigenvalue weighted by molar-refractivity contribution is -0.192. The van der Waals surface area contributed by atoms with Crippen LogP contribution in [0, 0.1) is 16.7 Å². The van der Waals surface area contributed by atoms with Crippen molar-refractivity contribution in [2.24, 2.45) is 5.41 Å². The van der Waals surface area contributed by atoms with E-state index in [0.29, 0.717) is 5.56 Å². The van der Waals surface area contributed by atoms with E-state index in [1.54, 1.807) is 18.3 Å². The predicted molar refractivity (Wildman–Crippen MR) is 83.9 cm³/mol. The molecule has 138 valence electrons. The summed E-state index contributed by atoms with van der Waals surface area (Å²) in [4.78, 5) is 15.4. The molecule has 25 heavy (non-hydrogen) atoms. The zero-order valence-electron chi connectivity index (χ0n) is 13.8. The van der Waals surface area contributed by atoms with Crippen molar-refractivity contribution in [1.82, 2.24) is 4.98 Å². The van der Waals surface area contributed by atoms with E-state index >= 15 is 0 Å². The van der Waals surface area contributed by atoms with Crippen LogP contribution in [0.1, 0.15) is 31.7 Å². The molecule has 0 radical (unpaired) electrons. The Bertz CT molecular complexity index is 625. The molecule has 1 atom stereocenters. The second-order valence-electron chi connectivity index (χ2n) is 5.83. The third kappa shape index (κ3) is 5.60.